The van der Waals surface area contributed by atoms with Gasteiger partial charge in [0.2, 0.25) is 0 Å². The highest BCUT2D eigenvalue weighted by molar-refractivity contribution is 7.09. The number of hydrogen-bond donors (Lipinski definition) is 1. The monoisotopic (exact) mass is 251 g/mol. The van der Waals surface area contributed by atoms with Gasteiger partial charge in [0.15, 0.2) is 0 Å². The van der Waals surface area contributed by atoms with Crippen molar-refractivity contribution in [2.45, 2.75) is 38.8 Å². The molecule has 3 saturated heterocycles. The van der Waals surface area contributed by atoms with Gasteiger partial charge in [-0.25, -0.2) is 4.98 Å². The third-order valence-electron chi connectivity index (χ3n) is 4.10. The van der Waals surface area contributed by atoms with E-state index in [1.807, 2.05) is 0 Å². The molecule has 0 spiro atoms. The van der Waals surface area contributed by atoms with Gasteiger partial charge in [-0.05, 0) is 38.3 Å². The van der Waals surface area contributed by atoms with Crippen molar-refractivity contribution >= 4 is 11.3 Å². The maximum Gasteiger partial charge on any atom is 0.0926 e. The average molecular weight is 251 g/mol. The van der Waals surface area contributed by atoms with Gasteiger partial charge in [-0.3, -0.25) is 0 Å². The van der Waals surface area contributed by atoms with Crippen molar-refractivity contribution in [3.05, 3.63) is 16.1 Å². The Balaban J connectivity index is 1.54. The summed E-state index contributed by atoms with van der Waals surface area (Å²) in [5.74, 6) is 0.907. The Morgan fingerprint density at radius 3 is 2.88 bits per heavy atom. The predicted octanol–water partition coefficient (Wildman–Crippen LogP) is 1.89. The van der Waals surface area contributed by atoms with Crippen molar-refractivity contribution in [1.82, 2.24) is 15.2 Å². The molecule has 17 heavy (non-hydrogen) atoms. The van der Waals surface area contributed by atoms with E-state index in [0.717, 1.165) is 18.9 Å². The fraction of sp³-hybridized carbons (Fsp3) is 0.769. The first-order valence-electron chi connectivity index (χ1n) is 6.74. The fourth-order valence-electron chi connectivity index (χ4n) is 3.02. The van der Waals surface area contributed by atoms with Gasteiger partial charge in [0.05, 0.1) is 10.7 Å². The standard InChI is InChI=1S/C13H21N3S/c1-2-13-15-11(9-17-13)7-14-12-8-16-5-3-10(12)4-6-16/h9-10,12,14H,2-8H2,1H3. The SMILES string of the molecule is CCc1nc(CNC2CN3CCC2CC3)cs1. The summed E-state index contributed by atoms with van der Waals surface area (Å²) in [6, 6.07) is 0.698. The minimum absolute atomic E-state index is 0.698. The Morgan fingerprint density at radius 2 is 2.29 bits per heavy atom. The van der Waals surface area contributed by atoms with Crippen LogP contribution in [0.1, 0.15) is 30.5 Å². The van der Waals surface area contributed by atoms with Gasteiger partial charge in [-0.1, -0.05) is 6.92 Å². The highest BCUT2D eigenvalue weighted by Gasteiger charge is 2.33. The van der Waals surface area contributed by atoms with E-state index in [4.69, 9.17) is 0 Å². The number of fused-ring (bicyclic) bond motifs is 3. The van der Waals surface area contributed by atoms with E-state index in [2.05, 4.69) is 27.5 Å². The van der Waals surface area contributed by atoms with Gasteiger partial charge in [-0.2, -0.15) is 0 Å². The van der Waals surface area contributed by atoms with Gasteiger partial charge in [-0.15, -0.1) is 11.3 Å². The molecule has 3 aliphatic rings. The molecule has 4 heterocycles. The van der Waals surface area contributed by atoms with Crippen LogP contribution in [-0.4, -0.2) is 35.6 Å². The molecule has 4 heteroatoms. The lowest BCUT2D eigenvalue weighted by Gasteiger charge is -2.45. The number of aromatic nitrogens is 1. The van der Waals surface area contributed by atoms with Crippen LogP contribution >= 0.6 is 11.3 Å². The second kappa shape index (κ2) is 5.04. The summed E-state index contributed by atoms with van der Waals surface area (Å²) < 4.78 is 0. The average Bonchev–Trinajstić information content (AvgIpc) is 2.86. The molecule has 4 rings (SSSR count). The third-order valence-corrected chi connectivity index (χ3v) is 5.15. The summed E-state index contributed by atoms with van der Waals surface area (Å²) in [5.41, 5.74) is 1.23. The van der Waals surface area contributed by atoms with E-state index in [0.29, 0.717) is 6.04 Å². The van der Waals surface area contributed by atoms with Crippen molar-refractivity contribution < 1.29 is 0 Å². The fourth-order valence-corrected chi connectivity index (χ4v) is 3.77. The maximum absolute atomic E-state index is 4.62. The van der Waals surface area contributed by atoms with Gasteiger partial charge >= 0.3 is 0 Å². The van der Waals surface area contributed by atoms with Gasteiger partial charge in [0.25, 0.3) is 0 Å². The molecule has 94 valence electrons. The summed E-state index contributed by atoms with van der Waals surface area (Å²) in [5, 5.41) is 7.17. The Kier molecular flexibility index (Phi) is 3.45. The van der Waals surface area contributed by atoms with E-state index in [1.165, 1.54) is 43.2 Å². The molecule has 0 radical (unpaired) electrons. The van der Waals surface area contributed by atoms with Gasteiger partial charge < -0.3 is 10.2 Å². The zero-order chi connectivity index (χ0) is 11.7. The van der Waals surface area contributed by atoms with E-state index >= 15 is 0 Å². The molecule has 3 nitrogen and oxygen atoms in total. The molecule has 2 bridgehead atoms. The van der Waals surface area contributed by atoms with Crippen LogP contribution in [0, 0.1) is 5.92 Å². The summed E-state index contributed by atoms with van der Waals surface area (Å²) in [6.07, 6.45) is 3.83. The molecule has 0 amide bonds. The van der Waals surface area contributed by atoms with Crippen LogP contribution in [0.4, 0.5) is 0 Å². The maximum atomic E-state index is 4.62. The Morgan fingerprint density at radius 1 is 1.47 bits per heavy atom. The molecule has 1 aromatic rings. The van der Waals surface area contributed by atoms with E-state index < -0.39 is 0 Å². The first-order chi connectivity index (χ1) is 8.35. The molecule has 3 aliphatic heterocycles. The topological polar surface area (TPSA) is 28.2 Å². The molecule has 0 saturated carbocycles. The Bertz CT molecular complexity index is 368. The summed E-state index contributed by atoms with van der Waals surface area (Å²) in [4.78, 5) is 7.21. The van der Waals surface area contributed by atoms with Crippen LogP contribution in [0.2, 0.25) is 0 Å². The van der Waals surface area contributed by atoms with Crippen LogP contribution < -0.4 is 5.32 Å². The lowest BCUT2D eigenvalue weighted by molar-refractivity contribution is 0.0718. The second-order valence-electron chi connectivity index (χ2n) is 5.21. The first-order valence-corrected chi connectivity index (χ1v) is 7.62. The molecule has 1 N–H and O–H groups in total. The second-order valence-corrected chi connectivity index (χ2v) is 6.15. The number of aryl methyl sites for hydroxylation is 1. The van der Waals surface area contributed by atoms with Crippen LogP contribution in [0.25, 0.3) is 0 Å². The zero-order valence-corrected chi connectivity index (χ0v) is 11.3. The number of rotatable bonds is 4. The van der Waals surface area contributed by atoms with Gasteiger partial charge in [0, 0.05) is 24.5 Å². The summed E-state index contributed by atoms with van der Waals surface area (Å²) >= 11 is 1.79. The molecule has 3 fully saturated rings. The largest absolute Gasteiger partial charge is 0.307 e. The molecule has 0 aromatic carbocycles. The van der Waals surface area contributed by atoms with Crippen molar-refractivity contribution in [2.24, 2.45) is 5.92 Å². The molecule has 0 aliphatic carbocycles. The molecule has 1 aromatic heterocycles. The normalized spacial score (nSPS) is 31.9. The lowest BCUT2D eigenvalue weighted by Crippen LogP contribution is -2.55. The van der Waals surface area contributed by atoms with Crippen molar-refractivity contribution in [2.75, 3.05) is 19.6 Å². The molecular formula is C13H21N3S. The summed E-state index contributed by atoms with van der Waals surface area (Å²) in [7, 11) is 0. The first kappa shape index (κ1) is 11.6. The lowest BCUT2D eigenvalue weighted by atomic mass is 9.84. The Hall–Kier alpha value is -0.450. The highest BCUT2D eigenvalue weighted by Crippen LogP contribution is 2.27. The number of nitrogens with zero attached hydrogens (tertiary/aromatic N) is 2. The zero-order valence-electron chi connectivity index (χ0n) is 10.5. The third kappa shape index (κ3) is 2.54. The number of hydrogen-bond acceptors (Lipinski definition) is 4. The number of thiazole rings is 1. The van der Waals surface area contributed by atoms with Crippen LogP contribution in [0.5, 0.6) is 0 Å². The molecule has 1 unspecified atom stereocenters. The predicted molar refractivity (Wildman–Crippen MR) is 71.3 cm³/mol. The van der Waals surface area contributed by atoms with Crippen molar-refractivity contribution in [3.63, 3.8) is 0 Å². The van der Waals surface area contributed by atoms with E-state index in [1.54, 1.807) is 11.3 Å². The minimum Gasteiger partial charge on any atom is -0.307 e. The van der Waals surface area contributed by atoms with Crippen molar-refractivity contribution in [3.8, 4) is 0 Å². The minimum atomic E-state index is 0.698. The highest BCUT2D eigenvalue weighted by atomic mass is 32.1. The van der Waals surface area contributed by atoms with Crippen LogP contribution in [0.15, 0.2) is 5.38 Å². The van der Waals surface area contributed by atoms with Gasteiger partial charge in [0.1, 0.15) is 0 Å². The molecule has 1 atom stereocenters. The van der Waals surface area contributed by atoms with E-state index in [9.17, 15) is 0 Å². The number of piperidine rings is 3. The number of nitrogens with one attached hydrogen (secondary N) is 1. The Labute approximate surface area is 107 Å². The quantitative estimate of drug-likeness (QED) is 0.886. The van der Waals surface area contributed by atoms with Crippen molar-refractivity contribution in [1.29, 1.82) is 0 Å². The molecular weight excluding hydrogens is 230 g/mol. The summed E-state index contributed by atoms with van der Waals surface area (Å²) in [6.45, 7) is 7.00. The van der Waals surface area contributed by atoms with Crippen LogP contribution in [-0.2, 0) is 13.0 Å². The van der Waals surface area contributed by atoms with E-state index in [-0.39, 0.29) is 0 Å². The smallest absolute Gasteiger partial charge is 0.0926 e. The van der Waals surface area contributed by atoms with Crippen LogP contribution in [0.3, 0.4) is 0 Å².